The molecule has 1 aromatic rings. The van der Waals surface area contributed by atoms with E-state index in [0.29, 0.717) is 0 Å². The Morgan fingerprint density at radius 3 is 2.60 bits per heavy atom. The average molecular weight is 342 g/mol. The lowest BCUT2D eigenvalue weighted by molar-refractivity contribution is 0.0943. The van der Waals surface area contributed by atoms with Crippen molar-refractivity contribution in [2.45, 2.75) is 17.9 Å². The molecule has 112 valence electrons. The van der Waals surface area contributed by atoms with Gasteiger partial charge in [0.2, 0.25) is 0 Å². The molecule has 1 N–H and O–H groups in total. The van der Waals surface area contributed by atoms with E-state index in [1.165, 1.54) is 6.26 Å². The van der Waals surface area contributed by atoms with E-state index in [0.717, 1.165) is 18.2 Å². The number of hydrogen-bond acceptors (Lipinski definition) is 4. The Bertz CT molecular complexity index is 648. The average Bonchev–Trinajstić information content (AvgIpc) is 2.26. The standard InChI is InChI=1S/C11H13ClFNO4S2/c1-7(6-19(2)16)14-11(15)8-3-4-9(13)10(5-8)20(12,17)18/h3-5,7H,6H2,1-2H3,(H,14,15). The number of benzene rings is 1. The van der Waals surface area contributed by atoms with E-state index < -0.39 is 36.5 Å². The first-order chi connectivity index (χ1) is 9.11. The van der Waals surface area contributed by atoms with E-state index in [2.05, 4.69) is 5.32 Å². The van der Waals surface area contributed by atoms with Crippen molar-refractivity contribution in [3.05, 3.63) is 29.6 Å². The molecule has 1 aromatic carbocycles. The van der Waals surface area contributed by atoms with Crippen LogP contribution in [0.25, 0.3) is 0 Å². The fourth-order valence-corrected chi connectivity index (χ4v) is 3.24. The lowest BCUT2D eigenvalue weighted by Crippen LogP contribution is -2.36. The van der Waals surface area contributed by atoms with Crippen molar-refractivity contribution in [1.29, 1.82) is 0 Å². The van der Waals surface area contributed by atoms with Crippen LogP contribution >= 0.6 is 10.7 Å². The SMILES string of the molecule is CC(CS(C)=O)NC(=O)c1ccc(F)c(S(=O)(=O)Cl)c1. The Kier molecular flexibility index (Phi) is 5.67. The molecule has 2 atom stereocenters. The van der Waals surface area contributed by atoms with E-state index in [1.54, 1.807) is 6.92 Å². The lowest BCUT2D eigenvalue weighted by atomic mass is 10.2. The molecular weight excluding hydrogens is 329 g/mol. The molecule has 0 aliphatic carbocycles. The maximum atomic E-state index is 13.3. The molecule has 20 heavy (non-hydrogen) atoms. The summed E-state index contributed by atoms with van der Waals surface area (Å²) >= 11 is 0. The minimum atomic E-state index is -4.27. The van der Waals surface area contributed by atoms with E-state index in [4.69, 9.17) is 10.7 Å². The second-order valence-corrected chi connectivity index (χ2v) is 8.21. The molecule has 1 rings (SSSR count). The second-order valence-electron chi connectivity index (χ2n) is 4.20. The molecule has 0 radical (unpaired) electrons. The van der Waals surface area contributed by atoms with Crippen molar-refractivity contribution in [3.8, 4) is 0 Å². The largest absolute Gasteiger partial charge is 0.349 e. The predicted molar refractivity (Wildman–Crippen MR) is 75.3 cm³/mol. The fraction of sp³-hybridized carbons (Fsp3) is 0.364. The van der Waals surface area contributed by atoms with Crippen molar-refractivity contribution >= 4 is 36.4 Å². The molecule has 0 aromatic heterocycles. The van der Waals surface area contributed by atoms with Gasteiger partial charge in [0, 0.05) is 45.1 Å². The van der Waals surface area contributed by atoms with E-state index in [1.807, 2.05) is 0 Å². The Morgan fingerprint density at radius 2 is 2.10 bits per heavy atom. The van der Waals surface area contributed by atoms with Crippen LogP contribution in [0, 0.1) is 5.82 Å². The van der Waals surface area contributed by atoms with Crippen LogP contribution < -0.4 is 5.32 Å². The van der Waals surface area contributed by atoms with Crippen LogP contribution in [0.4, 0.5) is 4.39 Å². The first-order valence-electron chi connectivity index (χ1n) is 5.46. The molecule has 1 amide bonds. The normalized spacial score (nSPS) is 14.6. The quantitative estimate of drug-likeness (QED) is 0.817. The second kappa shape index (κ2) is 6.64. The zero-order valence-corrected chi connectivity index (χ0v) is 13.1. The van der Waals surface area contributed by atoms with Gasteiger partial charge >= 0.3 is 0 Å². The Morgan fingerprint density at radius 1 is 1.50 bits per heavy atom. The predicted octanol–water partition coefficient (Wildman–Crippen LogP) is 1.25. The topological polar surface area (TPSA) is 80.3 Å². The van der Waals surface area contributed by atoms with Crippen LogP contribution in [-0.4, -0.2) is 36.6 Å². The number of nitrogens with one attached hydrogen (secondary N) is 1. The molecule has 9 heteroatoms. The summed E-state index contributed by atoms with van der Waals surface area (Å²) in [5.74, 6) is -1.36. The summed E-state index contributed by atoms with van der Waals surface area (Å²) in [5.41, 5.74) is -0.0423. The molecule has 0 saturated carbocycles. The third-order valence-electron chi connectivity index (χ3n) is 2.32. The minimum absolute atomic E-state index is 0.0423. The van der Waals surface area contributed by atoms with Gasteiger partial charge in [-0.3, -0.25) is 9.00 Å². The molecule has 0 aliphatic rings. The molecule has 0 bridgehead atoms. The highest BCUT2D eigenvalue weighted by molar-refractivity contribution is 8.13. The van der Waals surface area contributed by atoms with Crippen molar-refractivity contribution < 1.29 is 21.8 Å². The van der Waals surface area contributed by atoms with Crippen LogP contribution in [0.1, 0.15) is 17.3 Å². The summed E-state index contributed by atoms with van der Waals surface area (Å²) in [5, 5.41) is 2.53. The number of carbonyl (C=O) groups is 1. The van der Waals surface area contributed by atoms with Crippen LogP contribution in [0.3, 0.4) is 0 Å². The molecule has 0 fully saturated rings. The van der Waals surface area contributed by atoms with Gasteiger partial charge in [-0.1, -0.05) is 0 Å². The zero-order valence-electron chi connectivity index (χ0n) is 10.7. The van der Waals surface area contributed by atoms with E-state index >= 15 is 0 Å². The number of amides is 1. The van der Waals surface area contributed by atoms with E-state index in [-0.39, 0.29) is 17.4 Å². The summed E-state index contributed by atoms with van der Waals surface area (Å²) in [7, 11) is -0.275. The molecule has 2 unspecified atom stereocenters. The van der Waals surface area contributed by atoms with Crippen LogP contribution in [0.5, 0.6) is 0 Å². The maximum absolute atomic E-state index is 13.3. The Balaban J connectivity index is 2.98. The molecule has 0 aliphatic heterocycles. The highest BCUT2D eigenvalue weighted by Crippen LogP contribution is 2.20. The zero-order chi connectivity index (χ0) is 15.5. The first kappa shape index (κ1) is 17.1. The van der Waals surface area contributed by atoms with Crippen LogP contribution in [0.2, 0.25) is 0 Å². The highest BCUT2D eigenvalue weighted by atomic mass is 35.7. The summed E-state index contributed by atoms with van der Waals surface area (Å²) in [4.78, 5) is 11.1. The van der Waals surface area contributed by atoms with Gasteiger partial charge in [-0.15, -0.1) is 0 Å². The number of rotatable bonds is 5. The molecular formula is C11H13ClFNO4S2. The number of carbonyl (C=O) groups excluding carboxylic acids is 1. The van der Waals surface area contributed by atoms with Gasteiger partial charge in [0.15, 0.2) is 0 Å². The summed E-state index contributed by atoms with van der Waals surface area (Å²) < 4.78 is 46.6. The monoisotopic (exact) mass is 341 g/mol. The van der Waals surface area contributed by atoms with Crippen molar-refractivity contribution in [2.24, 2.45) is 0 Å². The molecule has 0 spiro atoms. The van der Waals surface area contributed by atoms with Gasteiger partial charge in [0.25, 0.3) is 15.0 Å². The Hall–Kier alpha value is -0.990. The van der Waals surface area contributed by atoms with Crippen molar-refractivity contribution in [1.82, 2.24) is 5.32 Å². The third-order valence-corrected chi connectivity index (χ3v) is 4.62. The van der Waals surface area contributed by atoms with Crippen LogP contribution in [-0.2, 0) is 19.9 Å². The van der Waals surface area contributed by atoms with Gasteiger partial charge in [-0.25, -0.2) is 12.8 Å². The van der Waals surface area contributed by atoms with Crippen molar-refractivity contribution in [2.75, 3.05) is 12.0 Å². The summed E-state index contributed by atoms with van der Waals surface area (Å²) in [6.07, 6.45) is 1.50. The molecule has 0 heterocycles. The number of hydrogen-bond donors (Lipinski definition) is 1. The maximum Gasteiger partial charge on any atom is 0.264 e. The third kappa shape index (κ3) is 4.84. The lowest BCUT2D eigenvalue weighted by Gasteiger charge is -2.12. The van der Waals surface area contributed by atoms with Gasteiger partial charge < -0.3 is 5.32 Å². The summed E-state index contributed by atoms with van der Waals surface area (Å²) in [6.45, 7) is 1.65. The Labute approximate surface area is 123 Å². The van der Waals surface area contributed by atoms with Gasteiger partial charge in [0.05, 0.1) is 0 Å². The van der Waals surface area contributed by atoms with Gasteiger partial charge in [-0.05, 0) is 25.1 Å². The fourth-order valence-electron chi connectivity index (χ4n) is 1.53. The summed E-state index contributed by atoms with van der Waals surface area (Å²) in [6, 6.07) is 2.50. The number of halogens is 2. The van der Waals surface area contributed by atoms with Crippen molar-refractivity contribution in [3.63, 3.8) is 0 Å². The molecule has 5 nitrogen and oxygen atoms in total. The van der Waals surface area contributed by atoms with Crippen LogP contribution in [0.15, 0.2) is 23.1 Å². The minimum Gasteiger partial charge on any atom is -0.349 e. The smallest absolute Gasteiger partial charge is 0.264 e. The van der Waals surface area contributed by atoms with Gasteiger partial charge in [0.1, 0.15) is 10.7 Å². The van der Waals surface area contributed by atoms with E-state index in [9.17, 15) is 21.8 Å². The van der Waals surface area contributed by atoms with Gasteiger partial charge in [-0.2, -0.15) is 0 Å². The highest BCUT2D eigenvalue weighted by Gasteiger charge is 2.19. The first-order valence-corrected chi connectivity index (χ1v) is 9.50. The molecule has 0 saturated heterocycles.